The zero-order valence-corrected chi connectivity index (χ0v) is 15.9. The highest BCUT2D eigenvalue weighted by Gasteiger charge is 2.13. The first-order valence-electron chi connectivity index (χ1n) is 7.30. The van der Waals surface area contributed by atoms with Crippen LogP contribution in [-0.2, 0) is 4.79 Å². The molecular weight excluding hydrogens is 380 g/mol. The molecule has 25 heavy (non-hydrogen) atoms. The van der Waals surface area contributed by atoms with Crippen molar-refractivity contribution in [1.29, 1.82) is 0 Å². The van der Waals surface area contributed by atoms with Crippen molar-refractivity contribution in [1.82, 2.24) is 15.2 Å². The van der Waals surface area contributed by atoms with E-state index in [2.05, 4.69) is 20.5 Å². The van der Waals surface area contributed by atoms with Gasteiger partial charge in [-0.15, -0.1) is 16.4 Å². The Morgan fingerprint density at radius 3 is 3.04 bits per heavy atom. The van der Waals surface area contributed by atoms with Crippen molar-refractivity contribution >= 4 is 46.3 Å². The number of halogens is 1. The first-order valence-corrected chi connectivity index (χ1v) is 9.54. The molecule has 0 aliphatic carbocycles. The zero-order chi connectivity index (χ0) is 17.8. The number of carbonyl (C=O) groups is 1. The molecule has 2 N–H and O–H groups in total. The molecule has 0 atom stereocenters. The van der Waals surface area contributed by atoms with Gasteiger partial charge in [0.05, 0.1) is 23.4 Å². The fraction of sp³-hybridized carbons (Fsp3) is 0.188. The average Bonchev–Trinajstić information content (AvgIpc) is 3.27. The van der Waals surface area contributed by atoms with Crippen LogP contribution in [0.25, 0.3) is 10.7 Å². The van der Waals surface area contributed by atoms with Crippen molar-refractivity contribution in [3.8, 4) is 16.5 Å². The smallest absolute Gasteiger partial charge is 0.234 e. The van der Waals surface area contributed by atoms with Gasteiger partial charge in [-0.2, -0.15) is 0 Å². The lowest BCUT2D eigenvalue weighted by Gasteiger charge is -2.11. The minimum Gasteiger partial charge on any atom is -0.495 e. The van der Waals surface area contributed by atoms with Gasteiger partial charge in [0.15, 0.2) is 5.82 Å². The maximum absolute atomic E-state index is 12.2. The number of hydrogen-bond acceptors (Lipinski definition) is 6. The molecule has 0 aliphatic heterocycles. The molecule has 130 valence electrons. The molecule has 2 aromatic heterocycles. The Morgan fingerprint density at radius 2 is 2.32 bits per heavy atom. The van der Waals surface area contributed by atoms with Crippen LogP contribution in [0.15, 0.2) is 34.8 Å². The van der Waals surface area contributed by atoms with E-state index in [0.29, 0.717) is 27.4 Å². The van der Waals surface area contributed by atoms with Gasteiger partial charge < -0.3 is 10.1 Å². The maximum atomic E-state index is 12.2. The monoisotopic (exact) mass is 394 g/mol. The molecule has 0 radical (unpaired) electrons. The number of methoxy groups -OCH3 is 1. The molecule has 0 saturated heterocycles. The lowest BCUT2D eigenvalue weighted by atomic mass is 10.2. The summed E-state index contributed by atoms with van der Waals surface area (Å²) in [5.74, 6) is 1.24. The van der Waals surface area contributed by atoms with Gasteiger partial charge >= 0.3 is 0 Å². The number of thioether (sulfide) groups is 1. The molecule has 0 bridgehead atoms. The lowest BCUT2D eigenvalue weighted by molar-refractivity contribution is -0.113. The van der Waals surface area contributed by atoms with E-state index in [1.54, 1.807) is 23.5 Å². The van der Waals surface area contributed by atoms with E-state index >= 15 is 0 Å². The molecule has 2 heterocycles. The molecule has 9 heteroatoms. The summed E-state index contributed by atoms with van der Waals surface area (Å²) < 4.78 is 5.25. The van der Waals surface area contributed by atoms with Gasteiger partial charge in [0.1, 0.15) is 5.75 Å². The molecule has 0 unspecified atom stereocenters. The summed E-state index contributed by atoms with van der Waals surface area (Å²) in [5.41, 5.74) is 1.45. The van der Waals surface area contributed by atoms with E-state index < -0.39 is 0 Å². The van der Waals surface area contributed by atoms with Crippen molar-refractivity contribution < 1.29 is 9.53 Å². The van der Waals surface area contributed by atoms with Gasteiger partial charge in [0.25, 0.3) is 0 Å². The van der Waals surface area contributed by atoms with Crippen LogP contribution in [0.2, 0.25) is 5.02 Å². The quantitative estimate of drug-likeness (QED) is 0.611. The number of carbonyl (C=O) groups excluding carboxylic acids is 1. The Bertz CT molecular complexity index is 880. The van der Waals surface area contributed by atoms with Crippen LogP contribution >= 0.6 is 34.7 Å². The largest absolute Gasteiger partial charge is 0.495 e. The number of ether oxygens (including phenoxy) is 1. The first-order chi connectivity index (χ1) is 12.1. The Kier molecular flexibility index (Phi) is 5.62. The normalized spacial score (nSPS) is 10.7. The van der Waals surface area contributed by atoms with Crippen LogP contribution in [0.4, 0.5) is 5.69 Å². The van der Waals surface area contributed by atoms with Gasteiger partial charge in [-0.3, -0.25) is 9.89 Å². The number of amides is 1. The standard InChI is InChI=1S/C16H15ClN4O2S2/c1-9-6-11(12(23-2)7-10(9)17)18-14(22)8-25-16-19-15(20-21-16)13-4-3-5-24-13/h3-7H,8H2,1-2H3,(H,18,22)(H,19,20,21). The van der Waals surface area contributed by atoms with Crippen molar-refractivity contribution in [2.24, 2.45) is 0 Å². The number of nitrogens with zero attached hydrogens (tertiary/aromatic N) is 2. The van der Waals surface area contributed by atoms with E-state index in [9.17, 15) is 4.79 Å². The average molecular weight is 395 g/mol. The molecule has 3 aromatic rings. The number of thiophene rings is 1. The summed E-state index contributed by atoms with van der Waals surface area (Å²) in [7, 11) is 1.53. The third kappa shape index (κ3) is 4.33. The maximum Gasteiger partial charge on any atom is 0.234 e. The zero-order valence-electron chi connectivity index (χ0n) is 13.5. The molecule has 0 saturated carbocycles. The summed E-state index contributed by atoms with van der Waals surface area (Å²) >= 11 is 8.90. The predicted octanol–water partition coefficient (Wildman–Crippen LogP) is 4.23. The van der Waals surface area contributed by atoms with E-state index in [-0.39, 0.29) is 11.7 Å². The van der Waals surface area contributed by atoms with E-state index in [1.807, 2.05) is 24.4 Å². The fourth-order valence-corrected chi connectivity index (χ4v) is 3.50. The summed E-state index contributed by atoms with van der Waals surface area (Å²) in [6.07, 6.45) is 0. The highest BCUT2D eigenvalue weighted by Crippen LogP contribution is 2.31. The summed E-state index contributed by atoms with van der Waals surface area (Å²) in [6, 6.07) is 7.37. The number of aromatic nitrogens is 3. The number of benzene rings is 1. The summed E-state index contributed by atoms with van der Waals surface area (Å²) in [5, 5.41) is 12.9. The van der Waals surface area contributed by atoms with E-state index in [4.69, 9.17) is 16.3 Å². The molecule has 1 amide bonds. The molecule has 6 nitrogen and oxygen atoms in total. The van der Waals surface area contributed by atoms with Gasteiger partial charge in [-0.1, -0.05) is 29.4 Å². The SMILES string of the molecule is COc1cc(Cl)c(C)cc1NC(=O)CSc1n[nH]c(-c2cccs2)n1. The Balaban J connectivity index is 1.61. The molecule has 0 spiro atoms. The molecular formula is C16H15ClN4O2S2. The first kappa shape index (κ1) is 17.8. The van der Waals surface area contributed by atoms with Crippen molar-refractivity contribution in [3.05, 3.63) is 40.2 Å². The number of hydrogen-bond donors (Lipinski definition) is 2. The van der Waals surface area contributed by atoms with Gasteiger partial charge in [0.2, 0.25) is 11.1 Å². The Hall–Kier alpha value is -2.03. The van der Waals surface area contributed by atoms with Crippen LogP contribution in [-0.4, -0.2) is 34.0 Å². The topological polar surface area (TPSA) is 79.9 Å². The predicted molar refractivity (Wildman–Crippen MR) is 102 cm³/mol. The molecule has 3 rings (SSSR count). The number of aromatic amines is 1. The van der Waals surface area contributed by atoms with Gasteiger partial charge in [-0.05, 0) is 30.0 Å². The van der Waals surface area contributed by atoms with E-state index in [1.165, 1.54) is 18.9 Å². The minimum atomic E-state index is -0.174. The number of H-pyrrole nitrogens is 1. The van der Waals surface area contributed by atoms with Gasteiger partial charge in [0, 0.05) is 11.1 Å². The number of nitrogens with one attached hydrogen (secondary N) is 2. The number of anilines is 1. The second-order valence-electron chi connectivity index (χ2n) is 5.08. The highest BCUT2D eigenvalue weighted by molar-refractivity contribution is 7.99. The van der Waals surface area contributed by atoms with Crippen LogP contribution < -0.4 is 10.1 Å². The van der Waals surface area contributed by atoms with Crippen LogP contribution in [0, 0.1) is 6.92 Å². The fourth-order valence-electron chi connectivity index (χ4n) is 2.08. The lowest BCUT2D eigenvalue weighted by Crippen LogP contribution is -2.15. The van der Waals surface area contributed by atoms with Crippen LogP contribution in [0.1, 0.15) is 5.56 Å². The van der Waals surface area contributed by atoms with Crippen LogP contribution in [0.5, 0.6) is 5.75 Å². The van der Waals surface area contributed by atoms with Crippen molar-refractivity contribution in [2.75, 3.05) is 18.2 Å². The van der Waals surface area contributed by atoms with Crippen LogP contribution in [0.3, 0.4) is 0 Å². The summed E-state index contributed by atoms with van der Waals surface area (Å²) in [4.78, 5) is 17.6. The molecule has 0 fully saturated rings. The van der Waals surface area contributed by atoms with E-state index in [0.717, 1.165) is 10.4 Å². The molecule has 0 aliphatic rings. The highest BCUT2D eigenvalue weighted by atomic mass is 35.5. The molecule has 1 aromatic carbocycles. The Morgan fingerprint density at radius 1 is 1.48 bits per heavy atom. The summed E-state index contributed by atoms with van der Waals surface area (Å²) in [6.45, 7) is 1.87. The third-order valence-corrected chi connectivity index (χ3v) is 5.44. The Labute approximate surface area is 158 Å². The minimum absolute atomic E-state index is 0.174. The second-order valence-corrected chi connectivity index (χ2v) is 7.38. The van der Waals surface area contributed by atoms with Crippen molar-refractivity contribution in [2.45, 2.75) is 12.1 Å². The second kappa shape index (κ2) is 7.90. The third-order valence-electron chi connectivity index (χ3n) is 3.31. The number of aryl methyl sites for hydroxylation is 1. The van der Waals surface area contributed by atoms with Gasteiger partial charge in [-0.25, -0.2) is 4.98 Å². The number of rotatable bonds is 6. The van der Waals surface area contributed by atoms with Crippen molar-refractivity contribution in [3.63, 3.8) is 0 Å².